The second-order valence-corrected chi connectivity index (χ2v) is 5.32. The number of carbonyl (C=O) groups is 1. The first kappa shape index (κ1) is 13.5. The predicted octanol–water partition coefficient (Wildman–Crippen LogP) is -1.54. The second kappa shape index (κ2) is 4.34. The number of hydrogen-bond donors (Lipinski definition) is 3. The summed E-state index contributed by atoms with van der Waals surface area (Å²) in [5.74, 6) is -0.886. The third kappa shape index (κ3) is 2.56. The summed E-state index contributed by atoms with van der Waals surface area (Å²) in [6.45, 7) is 2.91. The molecule has 0 bridgehead atoms. The Balaban J connectivity index is 3.19. The number of nitrogens with zero attached hydrogens (tertiary/aromatic N) is 2. The first-order chi connectivity index (χ1) is 7.66. The minimum Gasteiger partial charge on any atom is -0.381 e. The van der Waals surface area contributed by atoms with Crippen molar-refractivity contribution < 1.29 is 13.2 Å². The lowest BCUT2D eigenvalue weighted by atomic mass is 10.4. The average molecular weight is 261 g/mol. The largest absolute Gasteiger partial charge is 0.381 e. The van der Waals surface area contributed by atoms with Crippen molar-refractivity contribution in [1.82, 2.24) is 14.5 Å². The summed E-state index contributed by atoms with van der Waals surface area (Å²) >= 11 is 0. The molecule has 1 amide bonds. The molecule has 8 nitrogen and oxygen atoms in total. The monoisotopic (exact) mass is 261 g/mol. The van der Waals surface area contributed by atoms with Crippen LogP contribution in [-0.4, -0.2) is 30.1 Å². The van der Waals surface area contributed by atoms with Crippen LogP contribution in [0.2, 0.25) is 0 Å². The molecule has 1 unspecified atom stereocenters. The quantitative estimate of drug-likeness (QED) is 0.604. The van der Waals surface area contributed by atoms with Crippen molar-refractivity contribution in [3.05, 3.63) is 5.69 Å². The molecule has 0 saturated carbocycles. The van der Waals surface area contributed by atoms with E-state index in [1.54, 1.807) is 14.0 Å². The van der Waals surface area contributed by atoms with Gasteiger partial charge in [0.1, 0.15) is 4.90 Å². The Kier molecular flexibility index (Phi) is 3.43. The van der Waals surface area contributed by atoms with Crippen LogP contribution in [-0.2, 0) is 21.9 Å². The summed E-state index contributed by atoms with van der Waals surface area (Å²) in [5.41, 5.74) is 10.9. The van der Waals surface area contributed by atoms with Gasteiger partial charge in [0.05, 0.1) is 11.7 Å². The van der Waals surface area contributed by atoms with Gasteiger partial charge in [0, 0.05) is 7.05 Å². The molecule has 1 rings (SSSR count). The van der Waals surface area contributed by atoms with Gasteiger partial charge >= 0.3 is 0 Å². The molecule has 1 aromatic rings. The van der Waals surface area contributed by atoms with Crippen molar-refractivity contribution >= 4 is 21.7 Å². The van der Waals surface area contributed by atoms with Crippen LogP contribution in [0.15, 0.2) is 4.90 Å². The van der Waals surface area contributed by atoms with Gasteiger partial charge in [-0.2, -0.15) is 9.82 Å². The fraction of sp³-hybridized carbons (Fsp3) is 0.500. The maximum Gasteiger partial charge on any atom is 0.246 e. The number of nitrogens with one attached hydrogen (secondary N) is 1. The van der Waals surface area contributed by atoms with E-state index < -0.39 is 22.0 Å². The minimum atomic E-state index is -3.90. The van der Waals surface area contributed by atoms with Crippen LogP contribution >= 0.6 is 0 Å². The van der Waals surface area contributed by atoms with Gasteiger partial charge in [-0.3, -0.25) is 9.48 Å². The zero-order valence-corrected chi connectivity index (χ0v) is 10.6. The third-order valence-electron chi connectivity index (χ3n) is 2.33. The molecule has 1 aromatic heterocycles. The summed E-state index contributed by atoms with van der Waals surface area (Å²) in [4.78, 5) is 10.7. The van der Waals surface area contributed by atoms with Gasteiger partial charge in [-0.15, -0.1) is 0 Å². The Labute approximate surface area is 99.0 Å². The fourth-order valence-electron chi connectivity index (χ4n) is 1.30. The van der Waals surface area contributed by atoms with E-state index in [0.717, 1.165) is 0 Å². The van der Waals surface area contributed by atoms with Crippen LogP contribution in [0.4, 0.5) is 5.82 Å². The Morgan fingerprint density at radius 3 is 2.41 bits per heavy atom. The topological polar surface area (TPSA) is 133 Å². The van der Waals surface area contributed by atoms with E-state index in [4.69, 9.17) is 11.5 Å². The lowest BCUT2D eigenvalue weighted by molar-refractivity contribution is -0.119. The Bertz CT molecular complexity index is 548. The summed E-state index contributed by atoms with van der Waals surface area (Å²) in [6.07, 6.45) is 0. The Hall–Kier alpha value is -1.61. The van der Waals surface area contributed by atoms with Gasteiger partial charge in [-0.25, -0.2) is 8.42 Å². The molecule has 9 heteroatoms. The molecule has 17 heavy (non-hydrogen) atoms. The highest BCUT2D eigenvalue weighted by molar-refractivity contribution is 7.89. The fourth-order valence-corrected chi connectivity index (χ4v) is 2.83. The molecule has 0 aliphatic rings. The van der Waals surface area contributed by atoms with E-state index >= 15 is 0 Å². The van der Waals surface area contributed by atoms with Crippen LogP contribution < -0.4 is 16.2 Å². The molecule has 0 spiro atoms. The Morgan fingerprint density at radius 2 is 2.06 bits per heavy atom. The van der Waals surface area contributed by atoms with E-state index in [0.29, 0.717) is 5.69 Å². The van der Waals surface area contributed by atoms with E-state index in [2.05, 4.69) is 9.82 Å². The molecule has 0 aliphatic heterocycles. The zero-order valence-electron chi connectivity index (χ0n) is 9.76. The summed E-state index contributed by atoms with van der Waals surface area (Å²) < 4.78 is 27.4. The summed E-state index contributed by atoms with van der Waals surface area (Å²) in [7, 11) is -2.33. The lowest BCUT2D eigenvalue weighted by Crippen LogP contribution is -2.42. The molecular weight excluding hydrogens is 246 g/mol. The van der Waals surface area contributed by atoms with Crippen molar-refractivity contribution in [2.75, 3.05) is 5.73 Å². The number of amides is 1. The zero-order chi connectivity index (χ0) is 13.4. The number of nitrogen functional groups attached to an aromatic ring is 1. The molecule has 5 N–H and O–H groups in total. The first-order valence-electron chi connectivity index (χ1n) is 4.77. The van der Waals surface area contributed by atoms with Gasteiger partial charge < -0.3 is 11.5 Å². The second-order valence-electron chi connectivity index (χ2n) is 3.67. The number of aromatic nitrogens is 2. The van der Waals surface area contributed by atoms with Crippen molar-refractivity contribution in [2.24, 2.45) is 12.8 Å². The van der Waals surface area contributed by atoms with Gasteiger partial charge in [0.2, 0.25) is 15.9 Å². The van der Waals surface area contributed by atoms with Crippen molar-refractivity contribution in [1.29, 1.82) is 0 Å². The number of primary amides is 1. The third-order valence-corrected chi connectivity index (χ3v) is 4.04. The van der Waals surface area contributed by atoms with Gasteiger partial charge in [0.25, 0.3) is 0 Å². The summed E-state index contributed by atoms with van der Waals surface area (Å²) in [5, 5.41) is 3.79. The highest BCUT2D eigenvalue weighted by Crippen LogP contribution is 2.20. The standard InChI is InChI=1S/C8H15N5O3S/c1-4(8(10)14)12-17(15,16)6-5(2)13(3)11-7(6)9/h4,12H,1-3H3,(H2,9,11)(H2,10,14). The molecule has 0 aromatic carbocycles. The van der Waals surface area contributed by atoms with Crippen molar-refractivity contribution in [3.8, 4) is 0 Å². The van der Waals surface area contributed by atoms with Crippen molar-refractivity contribution in [3.63, 3.8) is 0 Å². The average Bonchev–Trinajstić information content (AvgIpc) is 2.40. The van der Waals surface area contributed by atoms with Crippen LogP contribution in [0.1, 0.15) is 12.6 Å². The Morgan fingerprint density at radius 1 is 1.53 bits per heavy atom. The highest BCUT2D eigenvalue weighted by Gasteiger charge is 2.27. The van der Waals surface area contributed by atoms with Crippen LogP contribution in [0.5, 0.6) is 0 Å². The van der Waals surface area contributed by atoms with Crippen molar-refractivity contribution in [2.45, 2.75) is 24.8 Å². The molecule has 96 valence electrons. The van der Waals surface area contributed by atoms with Crippen LogP contribution in [0.3, 0.4) is 0 Å². The highest BCUT2D eigenvalue weighted by atomic mass is 32.2. The first-order valence-corrected chi connectivity index (χ1v) is 6.26. The molecule has 1 heterocycles. The number of anilines is 1. The minimum absolute atomic E-state index is 0.117. The summed E-state index contributed by atoms with van der Waals surface area (Å²) in [6, 6.07) is -1.01. The smallest absolute Gasteiger partial charge is 0.246 e. The van der Waals surface area contributed by atoms with E-state index in [1.165, 1.54) is 11.6 Å². The predicted molar refractivity (Wildman–Crippen MR) is 61.3 cm³/mol. The maximum absolute atomic E-state index is 11.9. The van der Waals surface area contributed by atoms with E-state index in [1.807, 2.05) is 0 Å². The van der Waals surface area contributed by atoms with Crippen LogP contribution in [0.25, 0.3) is 0 Å². The maximum atomic E-state index is 11.9. The molecule has 0 aliphatic carbocycles. The van der Waals surface area contributed by atoms with Crippen LogP contribution in [0, 0.1) is 6.92 Å². The molecule has 0 saturated heterocycles. The normalized spacial score (nSPS) is 13.6. The molecule has 1 atom stereocenters. The molecular formula is C8H15N5O3S. The molecule has 0 radical (unpaired) electrons. The van der Waals surface area contributed by atoms with Gasteiger partial charge in [-0.1, -0.05) is 0 Å². The van der Waals surface area contributed by atoms with E-state index in [9.17, 15) is 13.2 Å². The lowest BCUT2D eigenvalue weighted by Gasteiger charge is -2.10. The number of rotatable bonds is 4. The van der Waals surface area contributed by atoms with Gasteiger partial charge in [0.15, 0.2) is 5.82 Å². The number of hydrogen-bond acceptors (Lipinski definition) is 5. The number of aryl methyl sites for hydroxylation is 1. The number of nitrogens with two attached hydrogens (primary N) is 2. The number of carbonyl (C=O) groups excluding carboxylic acids is 1. The van der Waals surface area contributed by atoms with Gasteiger partial charge in [-0.05, 0) is 13.8 Å². The SMILES string of the molecule is Cc1c(S(=O)(=O)NC(C)C(N)=O)c(N)nn1C. The molecule has 0 fully saturated rings. The number of sulfonamides is 1. The van der Waals surface area contributed by atoms with E-state index in [-0.39, 0.29) is 10.7 Å².